The average Bonchev–Trinajstić information content (AvgIpc) is 2.46. The lowest BCUT2D eigenvalue weighted by molar-refractivity contribution is -0.129. The molecule has 1 atom stereocenters. The first-order valence-electron chi connectivity index (χ1n) is 4.03. The fourth-order valence-corrected chi connectivity index (χ4v) is 2.06. The molecule has 1 amide bonds. The standard InChI is InChI=1S/C8H11NO2/c10-6-1-2-8(5-6)3-4-9-7(8)11/h1-5H2,(H,9,11). The largest absolute Gasteiger partial charge is 0.356 e. The highest BCUT2D eigenvalue weighted by Gasteiger charge is 2.47. The van der Waals surface area contributed by atoms with Crippen LogP contribution in [0.5, 0.6) is 0 Å². The highest BCUT2D eigenvalue weighted by atomic mass is 16.2. The van der Waals surface area contributed by atoms with Crippen LogP contribution in [-0.4, -0.2) is 18.2 Å². The molecule has 1 aliphatic heterocycles. The molecular formula is C8H11NO2. The van der Waals surface area contributed by atoms with Gasteiger partial charge in [-0.3, -0.25) is 9.59 Å². The third-order valence-corrected chi connectivity index (χ3v) is 2.79. The number of nitrogens with one attached hydrogen (secondary N) is 1. The Kier molecular flexibility index (Phi) is 1.28. The Balaban J connectivity index is 2.22. The van der Waals surface area contributed by atoms with Gasteiger partial charge in [-0.15, -0.1) is 0 Å². The zero-order valence-electron chi connectivity index (χ0n) is 6.35. The molecular weight excluding hydrogens is 142 g/mol. The molecule has 11 heavy (non-hydrogen) atoms. The van der Waals surface area contributed by atoms with E-state index in [2.05, 4.69) is 5.32 Å². The number of Topliss-reactive ketones (excluding diaryl/α,β-unsaturated/α-hetero) is 1. The van der Waals surface area contributed by atoms with Crippen LogP contribution in [0.1, 0.15) is 25.7 Å². The van der Waals surface area contributed by atoms with Crippen LogP contribution in [0.3, 0.4) is 0 Å². The number of ketones is 1. The van der Waals surface area contributed by atoms with E-state index in [4.69, 9.17) is 0 Å². The Morgan fingerprint density at radius 1 is 1.27 bits per heavy atom. The van der Waals surface area contributed by atoms with Crippen LogP contribution in [0.2, 0.25) is 0 Å². The van der Waals surface area contributed by atoms with Crippen LogP contribution in [-0.2, 0) is 9.59 Å². The van der Waals surface area contributed by atoms with Gasteiger partial charge in [0, 0.05) is 19.4 Å². The first-order valence-corrected chi connectivity index (χ1v) is 4.03. The van der Waals surface area contributed by atoms with Gasteiger partial charge in [0.1, 0.15) is 5.78 Å². The number of carbonyl (C=O) groups excluding carboxylic acids is 2. The summed E-state index contributed by atoms with van der Waals surface area (Å²) in [5.74, 6) is 0.352. The molecule has 1 N–H and O–H groups in total. The van der Waals surface area contributed by atoms with E-state index in [0.717, 1.165) is 19.4 Å². The molecule has 1 spiro atoms. The molecule has 0 aromatic rings. The molecule has 1 aliphatic carbocycles. The number of carbonyl (C=O) groups is 2. The number of amides is 1. The van der Waals surface area contributed by atoms with Gasteiger partial charge in [0.2, 0.25) is 5.91 Å². The van der Waals surface area contributed by atoms with Gasteiger partial charge in [-0.05, 0) is 12.8 Å². The third-order valence-electron chi connectivity index (χ3n) is 2.79. The maximum atomic E-state index is 11.3. The first-order chi connectivity index (χ1) is 5.23. The fraction of sp³-hybridized carbons (Fsp3) is 0.750. The van der Waals surface area contributed by atoms with Crippen molar-refractivity contribution >= 4 is 11.7 Å². The Morgan fingerprint density at radius 2 is 2.09 bits per heavy atom. The molecule has 1 saturated carbocycles. The molecule has 3 heteroatoms. The molecule has 1 unspecified atom stereocenters. The van der Waals surface area contributed by atoms with E-state index in [9.17, 15) is 9.59 Å². The topological polar surface area (TPSA) is 46.2 Å². The molecule has 0 aromatic carbocycles. The van der Waals surface area contributed by atoms with E-state index in [1.54, 1.807) is 0 Å². The van der Waals surface area contributed by atoms with Crippen LogP contribution in [0.4, 0.5) is 0 Å². The summed E-state index contributed by atoms with van der Waals surface area (Å²) in [6, 6.07) is 0. The highest BCUT2D eigenvalue weighted by Crippen LogP contribution is 2.41. The minimum absolute atomic E-state index is 0.100. The summed E-state index contributed by atoms with van der Waals surface area (Å²) in [5.41, 5.74) is -0.281. The van der Waals surface area contributed by atoms with Crippen molar-refractivity contribution in [1.29, 1.82) is 0 Å². The van der Waals surface area contributed by atoms with Crippen molar-refractivity contribution in [2.45, 2.75) is 25.7 Å². The van der Waals surface area contributed by atoms with Crippen molar-refractivity contribution in [3.63, 3.8) is 0 Å². The summed E-state index contributed by atoms with van der Waals surface area (Å²) in [4.78, 5) is 22.3. The zero-order valence-corrected chi connectivity index (χ0v) is 6.35. The summed E-state index contributed by atoms with van der Waals surface area (Å²) in [6.07, 6.45) is 2.72. The summed E-state index contributed by atoms with van der Waals surface area (Å²) >= 11 is 0. The number of hydrogen-bond donors (Lipinski definition) is 1. The van der Waals surface area contributed by atoms with E-state index in [0.29, 0.717) is 12.8 Å². The predicted molar refractivity (Wildman–Crippen MR) is 38.9 cm³/mol. The molecule has 1 heterocycles. The summed E-state index contributed by atoms with van der Waals surface area (Å²) in [5, 5.41) is 2.78. The Hall–Kier alpha value is -0.860. The van der Waals surface area contributed by atoms with Gasteiger partial charge in [0.25, 0.3) is 0 Å². The second-order valence-electron chi connectivity index (χ2n) is 3.50. The van der Waals surface area contributed by atoms with Crippen molar-refractivity contribution in [2.24, 2.45) is 5.41 Å². The quantitative estimate of drug-likeness (QED) is 0.542. The van der Waals surface area contributed by atoms with Gasteiger partial charge < -0.3 is 5.32 Å². The summed E-state index contributed by atoms with van der Waals surface area (Å²) < 4.78 is 0. The zero-order chi connectivity index (χ0) is 7.90. The monoisotopic (exact) mass is 153 g/mol. The summed E-state index contributed by atoms with van der Waals surface area (Å²) in [7, 11) is 0. The van der Waals surface area contributed by atoms with Crippen molar-refractivity contribution in [3.8, 4) is 0 Å². The second-order valence-corrected chi connectivity index (χ2v) is 3.50. The van der Waals surface area contributed by atoms with E-state index in [1.165, 1.54) is 0 Å². The third kappa shape index (κ3) is 0.870. The van der Waals surface area contributed by atoms with Gasteiger partial charge in [-0.25, -0.2) is 0 Å². The van der Waals surface area contributed by atoms with Crippen molar-refractivity contribution in [2.75, 3.05) is 6.54 Å². The van der Waals surface area contributed by atoms with Crippen LogP contribution in [0.15, 0.2) is 0 Å². The predicted octanol–water partition coefficient (Wildman–Crippen LogP) is 0.246. The maximum absolute atomic E-state index is 11.3. The molecule has 0 aromatic heterocycles. The minimum atomic E-state index is -0.281. The Morgan fingerprint density at radius 3 is 2.55 bits per heavy atom. The maximum Gasteiger partial charge on any atom is 0.226 e. The summed E-state index contributed by atoms with van der Waals surface area (Å²) in [6.45, 7) is 0.756. The fourth-order valence-electron chi connectivity index (χ4n) is 2.06. The van der Waals surface area contributed by atoms with Crippen LogP contribution >= 0.6 is 0 Å². The van der Waals surface area contributed by atoms with Gasteiger partial charge in [-0.2, -0.15) is 0 Å². The molecule has 0 bridgehead atoms. The van der Waals surface area contributed by atoms with Crippen molar-refractivity contribution < 1.29 is 9.59 Å². The molecule has 0 radical (unpaired) electrons. The van der Waals surface area contributed by atoms with E-state index in [-0.39, 0.29) is 17.1 Å². The molecule has 2 aliphatic rings. The number of rotatable bonds is 0. The van der Waals surface area contributed by atoms with Crippen LogP contribution in [0, 0.1) is 5.41 Å². The SMILES string of the molecule is O=C1CCC2(CCNC2=O)C1. The van der Waals surface area contributed by atoms with Crippen LogP contribution < -0.4 is 5.32 Å². The van der Waals surface area contributed by atoms with Gasteiger partial charge in [0.05, 0.1) is 5.41 Å². The smallest absolute Gasteiger partial charge is 0.226 e. The lowest BCUT2D eigenvalue weighted by atomic mass is 9.85. The van der Waals surface area contributed by atoms with E-state index >= 15 is 0 Å². The second kappa shape index (κ2) is 2.06. The van der Waals surface area contributed by atoms with E-state index < -0.39 is 0 Å². The molecule has 2 rings (SSSR count). The van der Waals surface area contributed by atoms with Crippen molar-refractivity contribution in [3.05, 3.63) is 0 Å². The Labute approximate surface area is 65.2 Å². The van der Waals surface area contributed by atoms with Crippen molar-refractivity contribution in [1.82, 2.24) is 5.32 Å². The number of hydrogen-bond acceptors (Lipinski definition) is 2. The molecule has 60 valence electrons. The van der Waals surface area contributed by atoms with E-state index in [1.807, 2.05) is 0 Å². The lowest BCUT2D eigenvalue weighted by Gasteiger charge is -2.16. The van der Waals surface area contributed by atoms with Gasteiger partial charge in [0.15, 0.2) is 0 Å². The van der Waals surface area contributed by atoms with Crippen LogP contribution in [0.25, 0.3) is 0 Å². The minimum Gasteiger partial charge on any atom is -0.356 e. The molecule has 3 nitrogen and oxygen atoms in total. The Bertz CT molecular complexity index is 224. The normalized spacial score (nSPS) is 36.7. The first kappa shape index (κ1) is 6.83. The molecule has 2 fully saturated rings. The van der Waals surface area contributed by atoms with Gasteiger partial charge >= 0.3 is 0 Å². The lowest BCUT2D eigenvalue weighted by Crippen LogP contribution is -2.28. The molecule has 1 saturated heterocycles. The average molecular weight is 153 g/mol. The highest BCUT2D eigenvalue weighted by molar-refractivity contribution is 5.94. The van der Waals surface area contributed by atoms with Gasteiger partial charge in [-0.1, -0.05) is 0 Å².